The fourth-order valence-electron chi connectivity index (χ4n) is 2.97. The van der Waals surface area contributed by atoms with Crippen LogP contribution in [0.2, 0.25) is 5.02 Å². The van der Waals surface area contributed by atoms with Gasteiger partial charge < -0.3 is 10.6 Å². The van der Waals surface area contributed by atoms with Crippen molar-refractivity contribution < 1.29 is 9.59 Å². The molecular weight excluding hydrogens is 410 g/mol. The van der Waals surface area contributed by atoms with E-state index in [2.05, 4.69) is 20.7 Å². The molecule has 0 spiro atoms. The van der Waals surface area contributed by atoms with Crippen molar-refractivity contribution in [2.24, 2.45) is 0 Å². The second-order valence-corrected chi connectivity index (χ2v) is 8.24. The molecule has 3 heterocycles. The largest absolute Gasteiger partial charge is 0.324 e. The quantitative estimate of drug-likeness (QED) is 0.627. The molecule has 9 heteroatoms. The predicted octanol–water partition coefficient (Wildman–Crippen LogP) is 3.62. The number of carbonyl (C=O) groups excluding carboxylic acids is 2. The van der Waals surface area contributed by atoms with Gasteiger partial charge >= 0.3 is 0 Å². The predicted molar refractivity (Wildman–Crippen MR) is 113 cm³/mol. The number of nitrogens with one attached hydrogen (secondary N) is 2. The highest BCUT2D eigenvalue weighted by Gasteiger charge is 2.29. The number of fused-ring (bicyclic) bond motifs is 1. The van der Waals surface area contributed by atoms with Crippen LogP contribution >= 0.6 is 23.4 Å². The maximum atomic E-state index is 12.4. The molecule has 7 nitrogen and oxygen atoms in total. The second kappa shape index (κ2) is 8.67. The number of aryl methyl sites for hydroxylation is 2. The summed E-state index contributed by atoms with van der Waals surface area (Å²) >= 11 is 7.32. The fraction of sp³-hybridized carbons (Fsp3) is 0.200. The summed E-state index contributed by atoms with van der Waals surface area (Å²) in [5.41, 5.74) is 1.85. The third-order valence-corrected chi connectivity index (χ3v) is 5.93. The van der Waals surface area contributed by atoms with Crippen molar-refractivity contribution in [2.45, 2.75) is 29.5 Å². The Morgan fingerprint density at radius 2 is 2.07 bits per heavy atom. The smallest absolute Gasteiger partial charge is 0.238 e. The average molecular weight is 428 g/mol. The van der Waals surface area contributed by atoms with Crippen LogP contribution in [0, 0.1) is 0 Å². The maximum absolute atomic E-state index is 12.4. The standard InChI is InChI=1S/C20H18ClN5O2S/c21-14-1-2-16-15(11-14)23-20(28)17(29-16)12-19(27)24-18-6-10-26(25-18)9-5-13-3-7-22-8-4-13/h1-4,6-8,10-11,17H,5,9,12H2,(H,23,28)(H,24,25,27). The van der Waals surface area contributed by atoms with E-state index in [0.29, 0.717) is 23.1 Å². The molecule has 1 aliphatic heterocycles. The van der Waals surface area contributed by atoms with Crippen LogP contribution in [0.25, 0.3) is 0 Å². The molecule has 0 fully saturated rings. The van der Waals surface area contributed by atoms with Crippen LogP contribution < -0.4 is 10.6 Å². The van der Waals surface area contributed by atoms with Gasteiger partial charge in [0.15, 0.2) is 5.82 Å². The lowest BCUT2D eigenvalue weighted by atomic mass is 10.2. The Kier molecular flexibility index (Phi) is 5.82. The number of nitrogens with zero attached hydrogens (tertiary/aromatic N) is 3. The number of halogens is 1. The monoisotopic (exact) mass is 427 g/mol. The number of amides is 2. The summed E-state index contributed by atoms with van der Waals surface area (Å²) in [6.45, 7) is 0.695. The highest BCUT2D eigenvalue weighted by Crippen LogP contribution is 2.38. The van der Waals surface area contributed by atoms with Crippen LogP contribution in [0.15, 0.2) is 59.9 Å². The van der Waals surface area contributed by atoms with Gasteiger partial charge in [0.25, 0.3) is 0 Å². The summed E-state index contributed by atoms with van der Waals surface area (Å²) in [4.78, 5) is 29.6. The van der Waals surface area contributed by atoms with Crippen LogP contribution in [-0.2, 0) is 22.6 Å². The third kappa shape index (κ3) is 4.96. The number of carbonyl (C=O) groups is 2. The molecule has 0 saturated carbocycles. The Labute approximate surface area is 176 Å². The van der Waals surface area contributed by atoms with Crippen molar-refractivity contribution in [3.63, 3.8) is 0 Å². The van der Waals surface area contributed by atoms with Crippen molar-refractivity contribution in [3.8, 4) is 0 Å². The molecule has 3 aromatic rings. The van der Waals surface area contributed by atoms with Crippen molar-refractivity contribution in [1.82, 2.24) is 14.8 Å². The Morgan fingerprint density at radius 3 is 2.90 bits per heavy atom. The minimum Gasteiger partial charge on any atom is -0.324 e. The van der Waals surface area contributed by atoms with Crippen LogP contribution in [0.3, 0.4) is 0 Å². The first-order valence-corrected chi connectivity index (χ1v) is 10.3. The Hall–Kier alpha value is -2.84. The van der Waals surface area contributed by atoms with E-state index < -0.39 is 5.25 Å². The number of rotatable bonds is 6. The molecule has 1 aliphatic rings. The van der Waals surface area contributed by atoms with Gasteiger partial charge in [0.1, 0.15) is 0 Å². The molecule has 0 aliphatic carbocycles. The zero-order chi connectivity index (χ0) is 20.2. The molecule has 2 amide bonds. The molecule has 148 valence electrons. The van der Waals surface area contributed by atoms with E-state index in [1.165, 1.54) is 17.3 Å². The summed E-state index contributed by atoms with van der Waals surface area (Å²) in [7, 11) is 0. The van der Waals surface area contributed by atoms with E-state index in [0.717, 1.165) is 11.3 Å². The van der Waals surface area contributed by atoms with Gasteiger partial charge in [-0.25, -0.2) is 0 Å². The van der Waals surface area contributed by atoms with Crippen LogP contribution in [0.5, 0.6) is 0 Å². The van der Waals surface area contributed by atoms with E-state index in [4.69, 9.17) is 11.6 Å². The first-order valence-electron chi connectivity index (χ1n) is 9.06. The number of aromatic nitrogens is 3. The number of pyridine rings is 1. The van der Waals surface area contributed by atoms with Gasteiger partial charge in [-0.1, -0.05) is 11.6 Å². The number of anilines is 2. The van der Waals surface area contributed by atoms with Crippen molar-refractivity contribution in [2.75, 3.05) is 10.6 Å². The van der Waals surface area contributed by atoms with Crippen molar-refractivity contribution in [3.05, 3.63) is 65.6 Å². The number of hydrogen-bond acceptors (Lipinski definition) is 5. The molecule has 0 bridgehead atoms. The summed E-state index contributed by atoms with van der Waals surface area (Å²) in [5.74, 6) is 0.00960. The van der Waals surface area contributed by atoms with Gasteiger partial charge in [0.2, 0.25) is 11.8 Å². The normalized spacial score (nSPS) is 15.5. The first kappa shape index (κ1) is 19.5. The van der Waals surface area contributed by atoms with Gasteiger partial charge in [-0.15, -0.1) is 11.8 Å². The van der Waals surface area contributed by atoms with E-state index in [9.17, 15) is 9.59 Å². The highest BCUT2D eigenvalue weighted by molar-refractivity contribution is 8.01. The summed E-state index contributed by atoms with van der Waals surface area (Å²) in [6.07, 6.45) is 6.22. The minimum absolute atomic E-state index is 0.0580. The molecule has 29 heavy (non-hydrogen) atoms. The molecule has 2 aromatic heterocycles. The van der Waals surface area contributed by atoms with Gasteiger partial charge in [-0.2, -0.15) is 5.10 Å². The number of benzene rings is 1. The van der Waals surface area contributed by atoms with Crippen molar-refractivity contribution >= 4 is 46.7 Å². The molecule has 1 aromatic carbocycles. The Balaban J connectivity index is 1.31. The van der Waals surface area contributed by atoms with Gasteiger partial charge in [0.05, 0.1) is 10.9 Å². The summed E-state index contributed by atoms with van der Waals surface area (Å²) in [5, 5.41) is 10.00. The lowest BCUT2D eigenvalue weighted by Crippen LogP contribution is -2.32. The first-order chi connectivity index (χ1) is 14.1. The summed E-state index contributed by atoms with van der Waals surface area (Å²) < 4.78 is 1.78. The lowest BCUT2D eigenvalue weighted by Gasteiger charge is -2.23. The van der Waals surface area contributed by atoms with Crippen molar-refractivity contribution in [1.29, 1.82) is 0 Å². The molecule has 4 rings (SSSR count). The number of hydrogen-bond donors (Lipinski definition) is 2. The molecular formula is C20H18ClN5O2S. The Morgan fingerprint density at radius 1 is 1.24 bits per heavy atom. The SMILES string of the molecule is O=C(CC1Sc2ccc(Cl)cc2NC1=O)Nc1ccn(CCc2ccncc2)n1. The number of thioether (sulfide) groups is 1. The minimum atomic E-state index is -0.502. The van der Waals surface area contributed by atoms with E-state index in [1.54, 1.807) is 35.3 Å². The van der Waals surface area contributed by atoms with Gasteiger partial charge in [-0.05, 0) is 42.3 Å². The second-order valence-electron chi connectivity index (χ2n) is 6.56. The zero-order valence-corrected chi connectivity index (χ0v) is 16.9. The molecule has 1 unspecified atom stereocenters. The van der Waals surface area contributed by atoms with Crippen LogP contribution in [0.4, 0.5) is 11.5 Å². The summed E-state index contributed by atoms with van der Waals surface area (Å²) in [6, 6.07) is 11.0. The van der Waals surface area contributed by atoms with Crippen LogP contribution in [-0.4, -0.2) is 31.8 Å². The molecule has 0 radical (unpaired) electrons. The lowest BCUT2D eigenvalue weighted by molar-refractivity contribution is -0.120. The zero-order valence-electron chi connectivity index (χ0n) is 15.3. The van der Waals surface area contributed by atoms with E-state index >= 15 is 0 Å². The third-order valence-electron chi connectivity index (χ3n) is 4.42. The maximum Gasteiger partial charge on any atom is 0.238 e. The molecule has 2 N–H and O–H groups in total. The van der Waals surface area contributed by atoms with Crippen LogP contribution in [0.1, 0.15) is 12.0 Å². The topological polar surface area (TPSA) is 88.9 Å². The average Bonchev–Trinajstić information content (AvgIpc) is 3.15. The fourth-order valence-corrected chi connectivity index (χ4v) is 4.23. The van der Waals surface area contributed by atoms with E-state index in [1.807, 2.05) is 24.4 Å². The molecule has 1 atom stereocenters. The molecule has 0 saturated heterocycles. The van der Waals surface area contributed by atoms with E-state index in [-0.39, 0.29) is 18.2 Å². The Bertz CT molecular complexity index is 1040. The van der Waals surface area contributed by atoms with Gasteiger partial charge in [0, 0.05) is 47.5 Å². The van der Waals surface area contributed by atoms with Gasteiger partial charge in [-0.3, -0.25) is 19.3 Å². The highest BCUT2D eigenvalue weighted by atomic mass is 35.5.